The molecule has 0 radical (unpaired) electrons. The number of carboxylic acids is 1. The highest BCUT2D eigenvalue weighted by Gasteiger charge is 2.18. The molecule has 11 heteroatoms. The molecule has 1 heterocycles. The van der Waals surface area contributed by atoms with E-state index in [1.165, 1.54) is 29.9 Å². The van der Waals surface area contributed by atoms with Crippen LogP contribution in [0, 0.1) is 0 Å². The van der Waals surface area contributed by atoms with E-state index in [1.807, 2.05) is 0 Å². The van der Waals surface area contributed by atoms with Crippen LogP contribution in [-0.2, 0) is 4.79 Å². The third kappa shape index (κ3) is 5.27. The number of hydrogen-bond acceptors (Lipinski definition) is 6. The number of para-hydroxylation sites is 1. The van der Waals surface area contributed by atoms with Gasteiger partial charge in [-0.1, -0.05) is 47.1 Å². The monoisotopic (exact) mass is 529 g/mol. The summed E-state index contributed by atoms with van der Waals surface area (Å²) in [6.07, 6.45) is 0. The van der Waals surface area contributed by atoms with Crippen molar-refractivity contribution in [1.82, 2.24) is 9.55 Å². The van der Waals surface area contributed by atoms with Crippen molar-refractivity contribution in [2.45, 2.75) is 5.16 Å². The third-order valence-electron chi connectivity index (χ3n) is 4.96. The van der Waals surface area contributed by atoms with Crippen molar-refractivity contribution in [1.29, 1.82) is 0 Å². The van der Waals surface area contributed by atoms with Crippen LogP contribution in [0.4, 0.5) is 5.69 Å². The van der Waals surface area contributed by atoms with E-state index >= 15 is 0 Å². The van der Waals surface area contributed by atoms with Crippen LogP contribution in [0.5, 0.6) is 5.75 Å². The predicted octanol–water partition coefficient (Wildman–Crippen LogP) is 5.13. The molecule has 0 saturated carbocycles. The minimum Gasteiger partial charge on any atom is -0.495 e. The van der Waals surface area contributed by atoms with Crippen LogP contribution in [0.15, 0.2) is 70.6 Å². The lowest BCUT2D eigenvalue weighted by Gasteiger charge is -2.14. The molecular formula is C24H17Cl2N3O5S. The Balaban J connectivity index is 1.69. The largest absolute Gasteiger partial charge is 0.495 e. The average Bonchev–Trinajstić information content (AvgIpc) is 2.82. The molecule has 8 nitrogen and oxygen atoms in total. The first-order valence-electron chi connectivity index (χ1n) is 10.1. The maximum atomic E-state index is 13.4. The summed E-state index contributed by atoms with van der Waals surface area (Å²) in [5.41, 5.74) is 0.565. The summed E-state index contributed by atoms with van der Waals surface area (Å²) in [6.45, 7) is 0. The summed E-state index contributed by atoms with van der Waals surface area (Å²) >= 11 is 13.3. The van der Waals surface area contributed by atoms with Gasteiger partial charge < -0.3 is 15.2 Å². The molecule has 4 aromatic rings. The van der Waals surface area contributed by atoms with Crippen LogP contribution in [0.2, 0.25) is 10.0 Å². The van der Waals surface area contributed by atoms with Crippen molar-refractivity contribution in [3.63, 3.8) is 0 Å². The van der Waals surface area contributed by atoms with E-state index in [1.54, 1.807) is 42.5 Å². The Labute approximate surface area is 213 Å². The van der Waals surface area contributed by atoms with Gasteiger partial charge >= 0.3 is 5.97 Å². The Morgan fingerprint density at radius 3 is 2.60 bits per heavy atom. The Kier molecular flexibility index (Phi) is 7.30. The van der Waals surface area contributed by atoms with Crippen LogP contribution in [0.25, 0.3) is 16.6 Å². The molecule has 2 N–H and O–H groups in total. The van der Waals surface area contributed by atoms with Gasteiger partial charge in [0.2, 0.25) is 5.91 Å². The number of carbonyl (C=O) groups is 2. The quantitative estimate of drug-likeness (QED) is 0.252. The Hall–Kier alpha value is -3.53. The number of thioether (sulfide) groups is 1. The molecule has 0 aliphatic heterocycles. The molecular weight excluding hydrogens is 513 g/mol. The standard InChI is InChI=1S/C24H17Cl2N3O5S/c1-34-20-9-7-14(11-17(20)26)29-22(31)15-4-2-3-5-18(15)28-24(29)35-12-21(30)27-19-10-13(25)6-8-16(19)23(32)33/h2-11H,12H2,1H3,(H,27,30)(H,32,33). The topological polar surface area (TPSA) is 111 Å². The number of halogens is 2. The number of nitrogens with one attached hydrogen (secondary N) is 1. The van der Waals surface area contributed by atoms with E-state index < -0.39 is 11.9 Å². The number of fused-ring (bicyclic) bond motifs is 1. The number of rotatable bonds is 7. The third-order valence-corrected chi connectivity index (χ3v) is 6.43. The molecule has 4 rings (SSSR count). The molecule has 0 spiro atoms. The zero-order valence-corrected chi connectivity index (χ0v) is 20.4. The summed E-state index contributed by atoms with van der Waals surface area (Å²) in [4.78, 5) is 42.1. The molecule has 1 amide bonds. The summed E-state index contributed by atoms with van der Waals surface area (Å²) in [5, 5.41) is 13.2. The van der Waals surface area contributed by atoms with Crippen molar-refractivity contribution in [3.8, 4) is 11.4 Å². The fourth-order valence-electron chi connectivity index (χ4n) is 3.35. The van der Waals surface area contributed by atoms with E-state index in [0.717, 1.165) is 11.8 Å². The number of anilines is 1. The normalized spacial score (nSPS) is 10.8. The first kappa shape index (κ1) is 24.6. The molecule has 3 aromatic carbocycles. The van der Waals surface area contributed by atoms with E-state index in [9.17, 15) is 19.5 Å². The summed E-state index contributed by atoms with van der Waals surface area (Å²) < 4.78 is 6.56. The first-order valence-corrected chi connectivity index (χ1v) is 11.8. The molecule has 0 aliphatic carbocycles. The summed E-state index contributed by atoms with van der Waals surface area (Å²) in [5.74, 6) is -1.41. The first-order chi connectivity index (χ1) is 16.8. The van der Waals surface area contributed by atoms with Gasteiger partial charge in [-0.05, 0) is 48.5 Å². The second-order valence-corrected chi connectivity index (χ2v) is 8.99. The highest BCUT2D eigenvalue weighted by atomic mass is 35.5. The number of aromatic carboxylic acids is 1. The van der Waals surface area contributed by atoms with Gasteiger partial charge in [-0.15, -0.1) is 0 Å². The second kappa shape index (κ2) is 10.4. The van der Waals surface area contributed by atoms with E-state index in [-0.39, 0.29) is 32.7 Å². The average molecular weight is 530 g/mol. The van der Waals surface area contributed by atoms with E-state index in [2.05, 4.69) is 10.3 Å². The van der Waals surface area contributed by atoms with Gasteiger partial charge in [0, 0.05) is 5.02 Å². The van der Waals surface area contributed by atoms with Crippen LogP contribution >= 0.6 is 35.0 Å². The maximum absolute atomic E-state index is 13.4. The molecule has 0 bridgehead atoms. The lowest BCUT2D eigenvalue weighted by atomic mass is 10.2. The lowest BCUT2D eigenvalue weighted by molar-refractivity contribution is -0.113. The molecule has 0 unspecified atom stereocenters. The number of amides is 1. The zero-order chi connectivity index (χ0) is 25.1. The molecule has 178 valence electrons. The number of carboxylic acid groups (broad SMARTS) is 1. The van der Waals surface area contributed by atoms with Crippen molar-refractivity contribution in [3.05, 3.63) is 86.6 Å². The SMILES string of the molecule is COc1ccc(-n2c(SCC(=O)Nc3cc(Cl)ccc3C(=O)O)nc3ccccc3c2=O)cc1Cl. The second-order valence-electron chi connectivity index (χ2n) is 7.20. The van der Waals surface area contributed by atoms with Crippen molar-refractivity contribution in [2.24, 2.45) is 0 Å². The van der Waals surface area contributed by atoms with Crippen LogP contribution < -0.4 is 15.6 Å². The lowest BCUT2D eigenvalue weighted by Crippen LogP contribution is -2.23. The Morgan fingerprint density at radius 2 is 1.89 bits per heavy atom. The smallest absolute Gasteiger partial charge is 0.337 e. The molecule has 0 aliphatic rings. The number of nitrogens with zero attached hydrogens (tertiary/aromatic N) is 2. The number of methoxy groups -OCH3 is 1. The highest BCUT2D eigenvalue weighted by molar-refractivity contribution is 7.99. The number of carbonyl (C=O) groups excluding carboxylic acids is 1. The molecule has 0 atom stereocenters. The zero-order valence-electron chi connectivity index (χ0n) is 18.1. The maximum Gasteiger partial charge on any atom is 0.337 e. The number of ether oxygens (including phenoxy) is 1. The van der Waals surface area contributed by atoms with Gasteiger partial charge in [0.05, 0.1) is 45.7 Å². The predicted molar refractivity (Wildman–Crippen MR) is 137 cm³/mol. The van der Waals surface area contributed by atoms with Gasteiger partial charge in [0.1, 0.15) is 5.75 Å². The minimum absolute atomic E-state index is 0.0707. The van der Waals surface area contributed by atoms with Gasteiger partial charge in [0.25, 0.3) is 5.56 Å². The summed E-state index contributed by atoms with van der Waals surface area (Å²) in [7, 11) is 1.49. The fraction of sp³-hybridized carbons (Fsp3) is 0.0833. The van der Waals surface area contributed by atoms with Crippen LogP contribution in [-0.4, -0.2) is 39.4 Å². The summed E-state index contributed by atoms with van der Waals surface area (Å²) in [6, 6.07) is 15.8. The van der Waals surface area contributed by atoms with Crippen molar-refractivity contribution < 1.29 is 19.4 Å². The highest BCUT2D eigenvalue weighted by Crippen LogP contribution is 2.29. The molecule has 35 heavy (non-hydrogen) atoms. The van der Waals surface area contributed by atoms with Crippen LogP contribution in [0.3, 0.4) is 0 Å². The molecule has 0 fully saturated rings. The molecule has 1 aromatic heterocycles. The van der Waals surface area contributed by atoms with Crippen molar-refractivity contribution >= 4 is 63.4 Å². The number of hydrogen-bond donors (Lipinski definition) is 2. The van der Waals surface area contributed by atoms with Gasteiger partial charge in [0.15, 0.2) is 5.16 Å². The number of benzene rings is 3. The number of aromatic nitrogens is 2. The Morgan fingerprint density at radius 1 is 1.11 bits per heavy atom. The van der Waals surface area contributed by atoms with Crippen LogP contribution in [0.1, 0.15) is 10.4 Å². The van der Waals surface area contributed by atoms with E-state index in [4.69, 9.17) is 27.9 Å². The Bertz CT molecular complexity index is 1520. The minimum atomic E-state index is -1.20. The molecule has 0 saturated heterocycles. The van der Waals surface area contributed by atoms with Gasteiger partial charge in [-0.25, -0.2) is 9.78 Å². The van der Waals surface area contributed by atoms with Gasteiger partial charge in [-0.3, -0.25) is 14.2 Å². The van der Waals surface area contributed by atoms with Gasteiger partial charge in [-0.2, -0.15) is 0 Å². The van der Waals surface area contributed by atoms with Crippen molar-refractivity contribution in [2.75, 3.05) is 18.2 Å². The fourth-order valence-corrected chi connectivity index (χ4v) is 4.59. The van der Waals surface area contributed by atoms with E-state index in [0.29, 0.717) is 27.4 Å².